The Balaban J connectivity index is 1.19. The van der Waals surface area contributed by atoms with Crippen molar-refractivity contribution in [3.63, 3.8) is 0 Å². The second-order valence-electron chi connectivity index (χ2n) is 15.5. The van der Waals surface area contributed by atoms with E-state index < -0.39 is 46.8 Å². The summed E-state index contributed by atoms with van der Waals surface area (Å²) in [5, 5.41) is 12.2. The van der Waals surface area contributed by atoms with E-state index in [2.05, 4.69) is 10.3 Å². The summed E-state index contributed by atoms with van der Waals surface area (Å²) < 4.78 is 16.8. The van der Waals surface area contributed by atoms with Crippen molar-refractivity contribution in [1.29, 1.82) is 0 Å². The van der Waals surface area contributed by atoms with Crippen LogP contribution in [0.3, 0.4) is 0 Å². The van der Waals surface area contributed by atoms with Gasteiger partial charge in [-0.05, 0) is 85.3 Å². The molecule has 1 saturated carbocycles. The molecule has 3 heterocycles. The van der Waals surface area contributed by atoms with Gasteiger partial charge < -0.3 is 24.2 Å². The highest BCUT2D eigenvalue weighted by molar-refractivity contribution is 6.22. The van der Waals surface area contributed by atoms with Gasteiger partial charge in [-0.2, -0.15) is 5.01 Å². The van der Waals surface area contributed by atoms with Crippen LogP contribution in [0.4, 0.5) is 17.1 Å². The molecule has 5 aliphatic rings. The number of hydrogen-bond acceptors (Lipinski definition) is 10. The number of methoxy groups -OCH3 is 2. The number of hydrazine groups is 1. The molecule has 0 radical (unpaired) electrons. The maximum absolute atomic E-state index is 15.5. The maximum Gasteiger partial charge on any atom is 0.260 e. The molecule has 2 aliphatic carbocycles. The summed E-state index contributed by atoms with van der Waals surface area (Å²) in [5.74, 6) is -5.16. The van der Waals surface area contributed by atoms with E-state index in [0.29, 0.717) is 35.7 Å². The number of nitrogens with zero attached hydrogens (tertiary/aromatic N) is 3. The standard InChI is InChI=1S/C45H44N4O8/c1-26-9-11-29(12-10-26)46-49-42(52)35-25-34-32(17-18-33-38(34)43(53)48(41(33)51)31-15-13-30(14-16-31)47-19-21-57-22-20-47)39(27-23-36(55-2)40(50)37(24-27)56-3)45(35,44(49)54)28-7-5-4-6-8-28/h4-17,23-24,33-35,38-39,46,50H,18-22,25H2,1-3H3. The van der Waals surface area contributed by atoms with Crippen molar-refractivity contribution in [3.05, 3.63) is 119 Å². The van der Waals surface area contributed by atoms with E-state index in [1.165, 1.54) is 19.1 Å². The zero-order valence-electron chi connectivity index (χ0n) is 32.0. The number of aryl methyl sites for hydroxylation is 1. The van der Waals surface area contributed by atoms with Crippen molar-refractivity contribution in [1.82, 2.24) is 5.01 Å². The number of phenolic OH excluding ortho intramolecular Hbond substituents is 1. The summed E-state index contributed by atoms with van der Waals surface area (Å²) in [5.41, 5.74) is 6.70. The van der Waals surface area contributed by atoms with Crippen molar-refractivity contribution >= 4 is 40.7 Å². The van der Waals surface area contributed by atoms with Gasteiger partial charge in [-0.1, -0.05) is 59.7 Å². The number of benzene rings is 4. The van der Waals surface area contributed by atoms with Gasteiger partial charge >= 0.3 is 0 Å². The molecule has 2 N–H and O–H groups in total. The minimum atomic E-state index is -1.49. The Morgan fingerprint density at radius 3 is 2.09 bits per heavy atom. The lowest BCUT2D eigenvalue weighted by atomic mass is 9.49. The Bertz CT molecular complexity index is 2260. The fraction of sp³-hybridized carbons (Fsp3) is 0.333. The molecule has 3 saturated heterocycles. The molecule has 0 bridgehead atoms. The van der Waals surface area contributed by atoms with E-state index in [9.17, 15) is 19.5 Å². The van der Waals surface area contributed by atoms with Crippen molar-refractivity contribution in [2.45, 2.75) is 31.1 Å². The summed E-state index contributed by atoms with van der Waals surface area (Å²) in [7, 11) is 2.87. The molecule has 12 heteroatoms. The number of morpholine rings is 1. The van der Waals surface area contributed by atoms with Crippen LogP contribution in [0.15, 0.2) is 103 Å². The van der Waals surface area contributed by atoms with Gasteiger partial charge in [0.05, 0.1) is 62.0 Å². The first kappa shape index (κ1) is 36.5. The fourth-order valence-electron chi connectivity index (χ4n) is 10.1. The van der Waals surface area contributed by atoms with E-state index in [0.717, 1.165) is 34.9 Å². The predicted octanol–water partition coefficient (Wildman–Crippen LogP) is 5.74. The number of imide groups is 2. The Labute approximate surface area is 330 Å². The number of amides is 4. The monoisotopic (exact) mass is 768 g/mol. The molecule has 6 atom stereocenters. The van der Waals surface area contributed by atoms with E-state index in [1.807, 2.05) is 91.9 Å². The lowest BCUT2D eigenvalue weighted by Gasteiger charge is -2.50. The van der Waals surface area contributed by atoms with Gasteiger partial charge in [0.1, 0.15) is 0 Å². The number of phenols is 1. The normalized spacial score (nSPS) is 26.8. The highest BCUT2D eigenvalue weighted by atomic mass is 16.5. The minimum absolute atomic E-state index is 0.130. The molecule has 3 aliphatic heterocycles. The first-order chi connectivity index (χ1) is 27.7. The second-order valence-corrected chi connectivity index (χ2v) is 15.5. The molecule has 0 spiro atoms. The molecule has 0 aromatic heterocycles. The molecule has 4 amide bonds. The quantitative estimate of drug-likeness (QED) is 0.169. The van der Waals surface area contributed by atoms with Gasteiger partial charge in [0.15, 0.2) is 11.5 Å². The van der Waals surface area contributed by atoms with Crippen molar-refractivity contribution in [2.24, 2.45) is 23.7 Å². The van der Waals surface area contributed by atoms with Crippen LogP contribution in [0.5, 0.6) is 17.2 Å². The summed E-state index contributed by atoms with van der Waals surface area (Å²) in [6, 6.07) is 27.6. The number of aromatic hydroxyl groups is 1. The average Bonchev–Trinajstić information content (AvgIpc) is 3.63. The van der Waals surface area contributed by atoms with Crippen LogP contribution in [-0.2, 0) is 29.3 Å². The van der Waals surface area contributed by atoms with Crippen LogP contribution in [0, 0.1) is 30.6 Å². The summed E-state index contributed by atoms with van der Waals surface area (Å²) >= 11 is 0. The van der Waals surface area contributed by atoms with E-state index in [1.54, 1.807) is 12.1 Å². The molecular weight excluding hydrogens is 725 g/mol. The highest BCUT2D eigenvalue weighted by Gasteiger charge is 2.70. The van der Waals surface area contributed by atoms with Crippen LogP contribution < -0.4 is 24.7 Å². The predicted molar refractivity (Wildman–Crippen MR) is 212 cm³/mol. The largest absolute Gasteiger partial charge is 0.502 e. The Morgan fingerprint density at radius 1 is 0.789 bits per heavy atom. The number of ether oxygens (including phenoxy) is 3. The molecule has 292 valence electrons. The smallest absolute Gasteiger partial charge is 0.260 e. The molecule has 57 heavy (non-hydrogen) atoms. The summed E-state index contributed by atoms with van der Waals surface area (Å²) in [6.07, 6.45) is 2.44. The molecule has 6 unspecified atom stereocenters. The van der Waals surface area contributed by atoms with Gasteiger partial charge in [0, 0.05) is 24.7 Å². The minimum Gasteiger partial charge on any atom is -0.502 e. The number of hydrogen-bond donors (Lipinski definition) is 2. The number of nitrogens with one attached hydrogen (secondary N) is 1. The topological polar surface area (TPSA) is 138 Å². The molecule has 12 nitrogen and oxygen atoms in total. The third-order valence-corrected chi connectivity index (χ3v) is 12.7. The van der Waals surface area contributed by atoms with Crippen LogP contribution in [0.2, 0.25) is 0 Å². The average molecular weight is 769 g/mol. The molecule has 4 aromatic carbocycles. The SMILES string of the molecule is COc1cc(C2C3=CCC4C(=O)N(c5ccc(N6CCOCC6)cc5)C(=O)C4C3CC3C(=O)N(Nc4ccc(C)cc4)C(=O)C32c2ccccc2)cc(OC)c1O. The maximum atomic E-state index is 15.5. The zero-order chi connectivity index (χ0) is 39.6. The number of carbonyl (C=O) groups excluding carboxylic acids is 4. The number of carbonyl (C=O) groups is 4. The van der Waals surface area contributed by atoms with Crippen LogP contribution in [0.25, 0.3) is 0 Å². The fourth-order valence-corrected chi connectivity index (χ4v) is 10.1. The lowest BCUT2D eigenvalue weighted by molar-refractivity contribution is -0.138. The van der Waals surface area contributed by atoms with Crippen molar-refractivity contribution in [2.75, 3.05) is 55.7 Å². The highest BCUT2D eigenvalue weighted by Crippen LogP contribution is 2.65. The molecule has 4 aromatic rings. The van der Waals surface area contributed by atoms with Crippen LogP contribution in [-0.4, -0.2) is 74.3 Å². The third-order valence-electron chi connectivity index (χ3n) is 12.7. The summed E-state index contributed by atoms with van der Waals surface area (Å²) in [4.78, 5) is 63.1. The van der Waals surface area contributed by atoms with Gasteiger partial charge in [-0.3, -0.25) is 29.5 Å². The van der Waals surface area contributed by atoms with Gasteiger partial charge in [-0.25, -0.2) is 0 Å². The molecule has 9 rings (SSSR count). The van der Waals surface area contributed by atoms with Crippen LogP contribution in [0.1, 0.15) is 35.4 Å². The van der Waals surface area contributed by atoms with Crippen molar-refractivity contribution < 1.29 is 38.5 Å². The summed E-state index contributed by atoms with van der Waals surface area (Å²) in [6.45, 7) is 4.74. The first-order valence-corrected chi connectivity index (χ1v) is 19.4. The zero-order valence-corrected chi connectivity index (χ0v) is 32.0. The second kappa shape index (κ2) is 14.1. The first-order valence-electron chi connectivity index (χ1n) is 19.4. The van der Waals surface area contributed by atoms with E-state index >= 15 is 4.79 Å². The number of anilines is 3. The van der Waals surface area contributed by atoms with Gasteiger partial charge in [0.2, 0.25) is 17.6 Å². The van der Waals surface area contributed by atoms with Gasteiger partial charge in [0.25, 0.3) is 11.8 Å². The van der Waals surface area contributed by atoms with Gasteiger partial charge in [-0.15, -0.1) is 0 Å². The number of rotatable bonds is 8. The van der Waals surface area contributed by atoms with Crippen molar-refractivity contribution in [3.8, 4) is 17.2 Å². The molecule has 4 fully saturated rings. The van der Waals surface area contributed by atoms with E-state index in [4.69, 9.17) is 14.2 Å². The Morgan fingerprint density at radius 2 is 1.44 bits per heavy atom. The number of fused-ring (bicyclic) bond motifs is 4. The third kappa shape index (κ3) is 5.60. The van der Waals surface area contributed by atoms with Crippen LogP contribution >= 0.6 is 0 Å². The Kier molecular flexibility index (Phi) is 9.03. The lowest BCUT2D eigenvalue weighted by Crippen LogP contribution is -2.53. The number of allylic oxidation sites excluding steroid dienone is 2. The molecular formula is C45H44N4O8. The Hall–Kier alpha value is -6.14. The van der Waals surface area contributed by atoms with E-state index in [-0.39, 0.29) is 41.9 Å².